The molecule has 2 aromatic rings. The predicted molar refractivity (Wildman–Crippen MR) is 128 cm³/mol. The van der Waals surface area contributed by atoms with E-state index >= 15 is 0 Å². The molecule has 0 saturated carbocycles. The lowest BCUT2D eigenvalue weighted by molar-refractivity contribution is -0.123. The molecule has 0 aliphatic carbocycles. The minimum atomic E-state index is -0.567. The number of carbonyl (C=O) groups is 2. The number of hydrogen-bond acceptors (Lipinski definition) is 6. The van der Waals surface area contributed by atoms with Gasteiger partial charge in [0, 0.05) is 12.6 Å². The topological polar surface area (TPSA) is 91.2 Å². The van der Waals surface area contributed by atoms with Crippen molar-refractivity contribution in [3.8, 4) is 11.5 Å². The lowest BCUT2D eigenvalue weighted by Gasteiger charge is -2.12. The molecule has 0 radical (unpaired) electrons. The van der Waals surface area contributed by atoms with Gasteiger partial charge in [0.25, 0.3) is 11.8 Å². The Kier molecular flexibility index (Phi) is 8.09. The summed E-state index contributed by atoms with van der Waals surface area (Å²) in [4.78, 5) is 26.7. The number of nitrogens with zero attached hydrogens (tertiary/aromatic N) is 2. The van der Waals surface area contributed by atoms with E-state index < -0.39 is 5.91 Å². The first-order valence-corrected chi connectivity index (χ1v) is 11.0. The third kappa shape index (κ3) is 5.98. The lowest BCUT2D eigenvalue weighted by atomic mass is 10.2. The molecule has 1 aliphatic rings. The van der Waals surface area contributed by atoms with Crippen LogP contribution < -0.4 is 10.2 Å². The normalized spacial score (nSPS) is 16.0. The summed E-state index contributed by atoms with van der Waals surface area (Å²) in [5.74, 6) is -0.529. The number of halogens is 3. The van der Waals surface area contributed by atoms with Gasteiger partial charge in [-0.15, -0.1) is 11.7 Å². The van der Waals surface area contributed by atoms with Crippen LogP contribution in [0.25, 0.3) is 6.08 Å². The molecule has 11 heteroatoms. The van der Waals surface area contributed by atoms with E-state index in [0.717, 1.165) is 17.3 Å². The molecule has 1 heterocycles. The van der Waals surface area contributed by atoms with Gasteiger partial charge in [-0.05, 0) is 41.6 Å². The first-order valence-electron chi connectivity index (χ1n) is 9.03. The van der Waals surface area contributed by atoms with Crippen LogP contribution in [-0.2, 0) is 9.59 Å². The van der Waals surface area contributed by atoms with Crippen molar-refractivity contribution in [1.82, 2.24) is 10.3 Å². The van der Waals surface area contributed by atoms with E-state index in [1.54, 1.807) is 24.3 Å². The summed E-state index contributed by atoms with van der Waals surface area (Å²) in [7, 11) is 0. The number of benzene rings is 2. The summed E-state index contributed by atoms with van der Waals surface area (Å²) in [6.45, 7) is 3.47. The molecule has 0 spiro atoms. The molecule has 0 aromatic heterocycles. The summed E-state index contributed by atoms with van der Waals surface area (Å²) in [6, 6.07) is 9.21. The Morgan fingerprint density at radius 2 is 1.88 bits per heavy atom. The second kappa shape index (κ2) is 10.8. The molecule has 0 bridgehead atoms. The lowest BCUT2D eigenvalue weighted by Crippen LogP contribution is -2.32. The first-order chi connectivity index (χ1) is 15.3. The number of hydrazone groups is 1. The molecule has 1 aliphatic heterocycles. The van der Waals surface area contributed by atoms with Crippen molar-refractivity contribution < 1.29 is 19.4 Å². The Hall–Kier alpha value is -2.65. The first kappa shape index (κ1) is 24.0. The van der Waals surface area contributed by atoms with Crippen LogP contribution in [0.15, 0.2) is 59.1 Å². The van der Waals surface area contributed by atoms with E-state index in [9.17, 15) is 14.7 Å². The minimum absolute atomic E-state index is 0.125. The number of amidine groups is 1. The van der Waals surface area contributed by atoms with Crippen LogP contribution in [0.4, 0.5) is 0 Å². The smallest absolute Gasteiger partial charge is 0.278 e. The van der Waals surface area contributed by atoms with Gasteiger partial charge in [0.05, 0.1) is 20.0 Å². The summed E-state index contributed by atoms with van der Waals surface area (Å²) < 4.78 is 5.36. The van der Waals surface area contributed by atoms with Gasteiger partial charge in [0.15, 0.2) is 11.8 Å². The Morgan fingerprint density at radius 1 is 1.19 bits per heavy atom. The Bertz CT molecular complexity index is 1120. The highest BCUT2D eigenvalue weighted by molar-refractivity contribution is 8.18. The van der Waals surface area contributed by atoms with Crippen molar-refractivity contribution in [1.29, 1.82) is 0 Å². The maximum absolute atomic E-state index is 12.7. The van der Waals surface area contributed by atoms with E-state index in [1.165, 1.54) is 29.2 Å². The molecule has 32 heavy (non-hydrogen) atoms. The number of ether oxygens (including phenoxy) is 1. The van der Waals surface area contributed by atoms with Crippen molar-refractivity contribution in [2.75, 3.05) is 13.2 Å². The fourth-order valence-electron chi connectivity index (χ4n) is 2.50. The van der Waals surface area contributed by atoms with Crippen molar-refractivity contribution in [2.45, 2.75) is 0 Å². The molecule has 1 fully saturated rings. The third-order valence-electron chi connectivity index (χ3n) is 4.00. The van der Waals surface area contributed by atoms with E-state index in [1.807, 2.05) is 0 Å². The number of phenolic OH excluding ortho intramolecular Hbond substituents is 1. The van der Waals surface area contributed by atoms with Crippen LogP contribution >= 0.6 is 46.6 Å². The maximum atomic E-state index is 12.7. The minimum Gasteiger partial charge on any atom is -0.508 e. The van der Waals surface area contributed by atoms with Crippen LogP contribution in [0.3, 0.4) is 0 Å². The molecule has 2 amide bonds. The Morgan fingerprint density at radius 3 is 2.56 bits per heavy atom. The number of nitrogens with one attached hydrogen (secondary N) is 1. The molecule has 2 N–H and O–H groups in total. The van der Waals surface area contributed by atoms with Crippen LogP contribution in [0.1, 0.15) is 5.56 Å². The summed E-state index contributed by atoms with van der Waals surface area (Å²) >= 11 is 18.9. The molecular weight excluding hydrogens is 497 g/mol. The molecule has 2 aromatic carbocycles. The van der Waals surface area contributed by atoms with Crippen molar-refractivity contribution >= 4 is 69.6 Å². The molecule has 7 nitrogen and oxygen atoms in total. The number of amides is 2. The standard InChI is InChI=1S/C21H16Cl3N3O4S/c1-2-7-27-20(30)18(8-12-3-5-13(28)6-4-12)32-21(27)26-25-19(29)11-31-17-10-15(23)14(22)9-16(17)24/h2-6,8-10,28H,1,7,11H2,(H,25,29). The van der Waals surface area contributed by atoms with Gasteiger partial charge in [0.1, 0.15) is 11.5 Å². The van der Waals surface area contributed by atoms with Gasteiger partial charge >= 0.3 is 0 Å². The van der Waals surface area contributed by atoms with Gasteiger partial charge < -0.3 is 9.84 Å². The van der Waals surface area contributed by atoms with Crippen LogP contribution in [0.2, 0.25) is 15.1 Å². The second-order valence-corrected chi connectivity index (χ2v) is 8.55. The monoisotopic (exact) mass is 511 g/mol. The van der Waals surface area contributed by atoms with Gasteiger partial charge in [-0.2, -0.15) is 0 Å². The third-order valence-corrected chi connectivity index (χ3v) is 6.02. The zero-order chi connectivity index (χ0) is 23.3. The molecule has 3 rings (SSSR count). The second-order valence-electron chi connectivity index (χ2n) is 6.32. The molecule has 0 atom stereocenters. The number of carbonyl (C=O) groups excluding carboxylic acids is 2. The summed E-state index contributed by atoms with van der Waals surface area (Å²) in [5, 5.41) is 14.4. The summed E-state index contributed by atoms with van der Waals surface area (Å²) in [6.07, 6.45) is 3.22. The van der Waals surface area contributed by atoms with Crippen LogP contribution in [0.5, 0.6) is 11.5 Å². The van der Waals surface area contributed by atoms with E-state index in [-0.39, 0.29) is 50.8 Å². The van der Waals surface area contributed by atoms with Gasteiger partial charge in [-0.3, -0.25) is 14.5 Å². The van der Waals surface area contributed by atoms with Gasteiger partial charge in [-0.25, -0.2) is 5.43 Å². The van der Waals surface area contributed by atoms with Crippen molar-refractivity contribution in [3.63, 3.8) is 0 Å². The van der Waals surface area contributed by atoms with Crippen LogP contribution in [0, 0.1) is 0 Å². The molecular formula is C21H16Cl3N3O4S. The zero-order valence-corrected chi connectivity index (χ0v) is 19.4. The van der Waals surface area contributed by atoms with E-state index in [4.69, 9.17) is 39.5 Å². The highest BCUT2D eigenvalue weighted by Gasteiger charge is 2.32. The fraction of sp³-hybridized carbons (Fsp3) is 0.0952. The number of thioether (sulfide) groups is 1. The SMILES string of the molecule is C=CCN1C(=O)C(=Cc2ccc(O)cc2)SC1=NNC(=O)COc1cc(Cl)c(Cl)cc1Cl. The highest BCUT2D eigenvalue weighted by atomic mass is 35.5. The highest BCUT2D eigenvalue weighted by Crippen LogP contribution is 2.34. The van der Waals surface area contributed by atoms with E-state index in [0.29, 0.717) is 4.91 Å². The number of aromatic hydroxyl groups is 1. The average molecular weight is 513 g/mol. The molecule has 1 saturated heterocycles. The van der Waals surface area contributed by atoms with Crippen molar-refractivity contribution in [2.24, 2.45) is 5.10 Å². The summed E-state index contributed by atoms with van der Waals surface area (Å²) in [5.41, 5.74) is 3.08. The van der Waals surface area contributed by atoms with Gasteiger partial charge in [-0.1, -0.05) is 53.0 Å². The maximum Gasteiger partial charge on any atom is 0.278 e. The van der Waals surface area contributed by atoms with Gasteiger partial charge in [0.2, 0.25) is 0 Å². The Labute approximate surface area is 203 Å². The fourth-order valence-corrected chi connectivity index (χ4v) is 4.04. The number of phenols is 1. The largest absolute Gasteiger partial charge is 0.508 e. The van der Waals surface area contributed by atoms with Crippen LogP contribution in [-0.4, -0.2) is 40.1 Å². The van der Waals surface area contributed by atoms with Crippen molar-refractivity contribution in [3.05, 3.63) is 74.6 Å². The average Bonchev–Trinajstić information content (AvgIpc) is 3.05. The quantitative estimate of drug-likeness (QED) is 0.238. The Balaban J connectivity index is 1.68. The molecule has 0 unspecified atom stereocenters. The molecule has 166 valence electrons. The van der Waals surface area contributed by atoms with E-state index in [2.05, 4.69) is 17.1 Å². The predicted octanol–water partition coefficient (Wildman–Crippen LogP) is 4.92. The zero-order valence-electron chi connectivity index (χ0n) is 16.3. The number of rotatable bonds is 7. The number of hydrogen-bond donors (Lipinski definition) is 2.